The highest BCUT2D eigenvalue weighted by molar-refractivity contribution is 5.93. The van der Waals surface area contributed by atoms with Gasteiger partial charge in [-0.2, -0.15) is 0 Å². The van der Waals surface area contributed by atoms with Crippen molar-refractivity contribution < 1.29 is 38.4 Å². The van der Waals surface area contributed by atoms with Crippen LogP contribution in [0.2, 0.25) is 0 Å². The van der Waals surface area contributed by atoms with Crippen molar-refractivity contribution in [2.24, 2.45) is 0 Å². The van der Waals surface area contributed by atoms with Gasteiger partial charge in [0.05, 0.1) is 0 Å². The van der Waals surface area contributed by atoms with E-state index in [1.807, 2.05) is 0 Å². The third-order valence-electron chi connectivity index (χ3n) is 9.36. The fourth-order valence-electron chi connectivity index (χ4n) is 5.90. The SMILES string of the molecule is CCCCCCCNC(=O)C(C)NC(=O)C(CCCCNC(C)=O)NC(=O)CCCC(=O)NC(CCCCNC(C)=O)C(=O)NC(C)C(=O)NCCCCCCC. The van der Waals surface area contributed by atoms with E-state index in [9.17, 15) is 38.4 Å². The first-order chi connectivity index (χ1) is 27.2. The lowest BCUT2D eigenvalue weighted by Gasteiger charge is -2.22. The second-order valence-corrected chi connectivity index (χ2v) is 14.9. The first-order valence-electron chi connectivity index (χ1n) is 21.4. The second kappa shape index (κ2) is 33.9. The van der Waals surface area contributed by atoms with E-state index in [4.69, 9.17) is 0 Å². The molecular weight excluding hydrogens is 732 g/mol. The molecule has 0 aliphatic heterocycles. The molecule has 0 aliphatic rings. The minimum Gasteiger partial charge on any atom is -0.356 e. The van der Waals surface area contributed by atoms with Crippen molar-refractivity contribution in [2.75, 3.05) is 26.2 Å². The Kier molecular flexibility index (Phi) is 31.3. The molecule has 0 saturated carbocycles. The average molecular weight is 809 g/mol. The van der Waals surface area contributed by atoms with Gasteiger partial charge >= 0.3 is 0 Å². The third-order valence-corrected chi connectivity index (χ3v) is 9.36. The summed E-state index contributed by atoms with van der Waals surface area (Å²) in [5.41, 5.74) is 0. The zero-order valence-corrected chi connectivity index (χ0v) is 35.8. The largest absolute Gasteiger partial charge is 0.356 e. The van der Waals surface area contributed by atoms with Crippen LogP contribution in [0.3, 0.4) is 0 Å². The molecule has 0 bridgehead atoms. The van der Waals surface area contributed by atoms with Crippen LogP contribution in [0, 0.1) is 0 Å². The maximum Gasteiger partial charge on any atom is 0.243 e. The van der Waals surface area contributed by atoms with Crippen molar-refractivity contribution in [3.05, 3.63) is 0 Å². The van der Waals surface area contributed by atoms with E-state index in [-0.39, 0.29) is 55.7 Å². The van der Waals surface area contributed by atoms with Gasteiger partial charge in [0.25, 0.3) is 0 Å². The molecular formula is C41H76N8O8. The highest BCUT2D eigenvalue weighted by Gasteiger charge is 2.26. The van der Waals surface area contributed by atoms with Crippen LogP contribution in [0.4, 0.5) is 0 Å². The van der Waals surface area contributed by atoms with Crippen molar-refractivity contribution >= 4 is 47.3 Å². The fourth-order valence-corrected chi connectivity index (χ4v) is 5.90. The molecule has 0 fully saturated rings. The summed E-state index contributed by atoms with van der Waals surface area (Å²) in [7, 11) is 0. The molecule has 4 unspecified atom stereocenters. The molecule has 0 radical (unpaired) electrons. The molecule has 0 aliphatic carbocycles. The number of carbonyl (C=O) groups is 8. The monoisotopic (exact) mass is 809 g/mol. The number of amides is 8. The van der Waals surface area contributed by atoms with Gasteiger partial charge in [0.1, 0.15) is 24.2 Å². The molecule has 0 saturated heterocycles. The molecule has 16 nitrogen and oxygen atoms in total. The van der Waals surface area contributed by atoms with Crippen molar-refractivity contribution in [3.8, 4) is 0 Å². The van der Waals surface area contributed by atoms with Crippen LogP contribution in [-0.4, -0.2) is 97.6 Å². The van der Waals surface area contributed by atoms with E-state index < -0.39 is 47.8 Å². The number of carbonyl (C=O) groups excluding carboxylic acids is 8. The van der Waals surface area contributed by atoms with Crippen LogP contribution in [0.5, 0.6) is 0 Å². The van der Waals surface area contributed by atoms with Crippen LogP contribution < -0.4 is 42.5 Å². The Hall–Kier alpha value is -4.24. The van der Waals surface area contributed by atoms with Crippen molar-refractivity contribution in [1.29, 1.82) is 0 Å². The third kappa shape index (κ3) is 29.6. The van der Waals surface area contributed by atoms with E-state index in [0.29, 0.717) is 51.9 Å². The summed E-state index contributed by atoms with van der Waals surface area (Å²) in [5, 5.41) is 22.0. The molecule has 328 valence electrons. The van der Waals surface area contributed by atoms with Gasteiger partial charge in [-0.05, 0) is 71.6 Å². The van der Waals surface area contributed by atoms with Gasteiger partial charge < -0.3 is 42.5 Å². The number of rotatable bonds is 34. The molecule has 16 heteroatoms. The summed E-state index contributed by atoms with van der Waals surface area (Å²) in [6.45, 7) is 12.1. The first kappa shape index (κ1) is 52.8. The predicted octanol–water partition coefficient (Wildman–Crippen LogP) is 2.92. The van der Waals surface area contributed by atoms with Crippen molar-refractivity contribution in [3.63, 3.8) is 0 Å². The summed E-state index contributed by atoms with van der Waals surface area (Å²) < 4.78 is 0. The Morgan fingerprint density at radius 1 is 0.386 bits per heavy atom. The second-order valence-electron chi connectivity index (χ2n) is 14.9. The molecule has 0 rings (SSSR count). The topological polar surface area (TPSA) is 233 Å². The molecule has 4 atom stereocenters. The molecule has 0 aromatic heterocycles. The van der Waals surface area contributed by atoms with Gasteiger partial charge in [-0.25, -0.2) is 0 Å². The summed E-state index contributed by atoms with van der Waals surface area (Å²) in [6.07, 6.45) is 13.2. The Morgan fingerprint density at radius 3 is 1.07 bits per heavy atom. The van der Waals surface area contributed by atoms with E-state index in [1.165, 1.54) is 13.8 Å². The van der Waals surface area contributed by atoms with E-state index >= 15 is 0 Å². The Labute approximate surface area is 341 Å². The number of unbranched alkanes of at least 4 members (excludes halogenated alkanes) is 10. The number of hydrogen-bond acceptors (Lipinski definition) is 8. The molecule has 0 aromatic rings. The zero-order valence-electron chi connectivity index (χ0n) is 35.8. The zero-order chi connectivity index (χ0) is 42.8. The van der Waals surface area contributed by atoms with Gasteiger partial charge in [0.15, 0.2) is 0 Å². The average Bonchev–Trinajstić information content (AvgIpc) is 3.15. The van der Waals surface area contributed by atoms with Gasteiger partial charge in [-0.1, -0.05) is 65.2 Å². The lowest BCUT2D eigenvalue weighted by molar-refractivity contribution is -0.132. The number of nitrogens with one attached hydrogen (secondary N) is 8. The van der Waals surface area contributed by atoms with E-state index in [1.54, 1.807) is 13.8 Å². The predicted molar refractivity (Wildman–Crippen MR) is 222 cm³/mol. The van der Waals surface area contributed by atoms with Gasteiger partial charge in [0, 0.05) is 52.9 Å². The Bertz CT molecular complexity index is 1130. The van der Waals surface area contributed by atoms with Crippen LogP contribution in [0.15, 0.2) is 0 Å². The van der Waals surface area contributed by atoms with Crippen LogP contribution in [0.25, 0.3) is 0 Å². The standard InChI is InChI=1S/C41H76N8O8/c1-7-9-11-13-17-28-44-38(54)30(3)46-40(56)34(22-15-19-26-42-32(5)50)48-36(52)24-21-25-37(53)49-35(23-16-20-27-43-33(6)51)41(57)47-31(4)39(55)45-29-18-14-12-10-8-2/h30-31,34-35H,7-29H2,1-6H3,(H,42,50)(H,43,51)(H,44,54)(H,45,55)(H,46,56)(H,47,57)(H,48,52)(H,49,53). The maximum absolute atomic E-state index is 13.2. The summed E-state index contributed by atoms with van der Waals surface area (Å²) in [4.78, 5) is 100. The van der Waals surface area contributed by atoms with E-state index in [2.05, 4.69) is 56.4 Å². The Balaban J connectivity index is 5.23. The van der Waals surface area contributed by atoms with Crippen molar-refractivity contribution in [1.82, 2.24) is 42.5 Å². The van der Waals surface area contributed by atoms with Crippen molar-refractivity contribution in [2.45, 2.75) is 188 Å². The molecule has 0 heterocycles. The fraction of sp³-hybridized carbons (Fsp3) is 0.805. The Morgan fingerprint density at radius 2 is 0.719 bits per heavy atom. The van der Waals surface area contributed by atoms with Crippen LogP contribution >= 0.6 is 0 Å². The first-order valence-corrected chi connectivity index (χ1v) is 21.4. The van der Waals surface area contributed by atoms with Crippen LogP contribution in [-0.2, 0) is 38.4 Å². The molecule has 8 N–H and O–H groups in total. The van der Waals surface area contributed by atoms with Crippen LogP contribution in [0.1, 0.15) is 164 Å². The number of hydrogen-bond donors (Lipinski definition) is 8. The van der Waals surface area contributed by atoms with Gasteiger partial charge in [-0.3, -0.25) is 38.4 Å². The van der Waals surface area contributed by atoms with E-state index in [0.717, 1.165) is 64.2 Å². The normalized spacial score (nSPS) is 12.9. The highest BCUT2D eigenvalue weighted by atomic mass is 16.2. The minimum atomic E-state index is -0.932. The molecule has 57 heavy (non-hydrogen) atoms. The smallest absolute Gasteiger partial charge is 0.243 e. The molecule has 0 aromatic carbocycles. The summed E-state index contributed by atoms with van der Waals surface area (Å²) >= 11 is 0. The summed E-state index contributed by atoms with van der Waals surface area (Å²) in [5.74, 6) is -2.87. The highest BCUT2D eigenvalue weighted by Crippen LogP contribution is 2.07. The van der Waals surface area contributed by atoms with Gasteiger partial charge in [0.2, 0.25) is 47.3 Å². The van der Waals surface area contributed by atoms with Gasteiger partial charge in [-0.15, -0.1) is 0 Å². The quantitative estimate of drug-likeness (QED) is 0.0450. The maximum atomic E-state index is 13.2. The lowest BCUT2D eigenvalue weighted by atomic mass is 10.1. The lowest BCUT2D eigenvalue weighted by Crippen LogP contribution is -2.53. The summed E-state index contributed by atoms with van der Waals surface area (Å²) in [6, 6.07) is -3.50. The molecule has 0 spiro atoms. The minimum absolute atomic E-state index is 0.0691. The molecule has 8 amide bonds.